The van der Waals surface area contributed by atoms with Crippen LogP contribution in [0.4, 0.5) is 0 Å². The molecule has 0 aliphatic carbocycles. The molecule has 0 radical (unpaired) electrons. The molecule has 0 spiro atoms. The Hall–Kier alpha value is -1.43. The average Bonchev–Trinajstić information content (AvgIpc) is 2.60. The van der Waals surface area contributed by atoms with Gasteiger partial charge in [-0.15, -0.1) is 0 Å². The number of amides is 1. The van der Waals surface area contributed by atoms with Gasteiger partial charge in [-0.3, -0.25) is 4.79 Å². The largest absolute Gasteiger partial charge is 0.385 e. The number of nitrogens with two attached hydrogens (primary N) is 1. The van der Waals surface area contributed by atoms with Crippen LogP contribution in [0.3, 0.4) is 0 Å². The molecular weight excluding hydrogens is 292 g/mol. The van der Waals surface area contributed by atoms with Crippen molar-refractivity contribution in [1.82, 2.24) is 4.90 Å². The summed E-state index contributed by atoms with van der Waals surface area (Å²) in [5, 5.41) is 0. The van der Waals surface area contributed by atoms with Crippen LogP contribution >= 0.6 is 0 Å². The SMILES string of the molecule is COCCCOC1CCN(C(=O)CC(N)c2ccccc2)CC1. The van der Waals surface area contributed by atoms with E-state index in [0.29, 0.717) is 6.42 Å². The Morgan fingerprint density at radius 1 is 1.26 bits per heavy atom. The maximum atomic E-state index is 12.4. The third-order valence-corrected chi connectivity index (χ3v) is 4.26. The van der Waals surface area contributed by atoms with E-state index >= 15 is 0 Å². The van der Waals surface area contributed by atoms with Gasteiger partial charge in [0.15, 0.2) is 0 Å². The van der Waals surface area contributed by atoms with Crippen LogP contribution in [0.25, 0.3) is 0 Å². The molecule has 128 valence electrons. The van der Waals surface area contributed by atoms with Crippen LogP contribution in [0.1, 0.15) is 37.3 Å². The number of hydrogen-bond donors (Lipinski definition) is 1. The molecular formula is C18H28N2O3. The van der Waals surface area contributed by atoms with Crippen LogP contribution in [0.5, 0.6) is 0 Å². The fourth-order valence-corrected chi connectivity index (χ4v) is 2.86. The van der Waals surface area contributed by atoms with Crippen molar-refractivity contribution in [2.45, 2.75) is 37.8 Å². The first-order valence-corrected chi connectivity index (χ1v) is 8.39. The lowest BCUT2D eigenvalue weighted by atomic mass is 10.0. The molecule has 1 heterocycles. The topological polar surface area (TPSA) is 64.8 Å². The summed E-state index contributed by atoms with van der Waals surface area (Å²) in [5.74, 6) is 0.138. The normalized spacial score (nSPS) is 17.2. The molecule has 1 fully saturated rings. The second-order valence-corrected chi connectivity index (χ2v) is 6.02. The molecule has 1 aromatic rings. The van der Waals surface area contributed by atoms with Gasteiger partial charge in [-0.05, 0) is 24.8 Å². The monoisotopic (exact) mass is 320 g/mol. The van der Waals surface area contributed by atoms with Gasteiger partial charge in [0.1, 0.15) is 0 Å². The Morgan fingerprint density at radius 2 is 1.96 bits per heavy atom. The molecule has 5 heteroatoms. The van der Waals surface area contributed by atoms with Gasteiger partial charge in [-0.2, -0.15) is 0 Å². The minimum Gasteiger partial charge on any atom is -0.385 e. The Balaban J connectivity index is 1.69. The van der Waals surface area contributed by atoms with E-state index < -0.39 is 0 Å². The summed E-state index contributed by atoms with van der Waals surface area (Å²) in [6.07, 6.45) is 3.35. The van der Waals surface area contributed by atoms with E-state index in [4.69, 9.17) is 15.2 Å². The van der Waals surface area contributed by atoms with E-state index in [0.717, 1.165) is 51.1 Å². The number of rotatable bonds is 8. The molecule has 1 aromatic carbocycles. The number of carbonyl (C=O) groups excluding carboxylic acids is 1. The molecule has 1 amide bonds. The lowest BCUT2D eigenvalue weighted by molar-refractivity contribution is -0.134. The smallest absolute Gasteiger partial charge is 0.224 e. The third kappa shape index (κ3) is 5.94. The van der Waals surface area contributed by atoms with Gasteiger partial charge < -0.3 is 20.1 Å². The molecule has 1 aliphatic rings. The second kappa shape index (κ2) is 9.65. The predicted molar refractivity (Wildman–Crippen MR) is 90.0 cm³/mol. The van der Waals surface area contributed by atoms with Crippen molar-refractivity contribution in [1.29, 1.82) is 0 Å². The molecule has 0 saturated carbocycles. The van der Waals surface area contributed by atoms with Crippen LogP contribution in [0.2, 0.25) is 0 Å². The Labute approximate surface area is 138 Å². The third-order valence-electron chi connectivity index (χ3n) is 4.26. The zero-order valence-corrected chi connectivity index (χ0v) is 13.9. The summed E-state index contributed by atoms with van der Waals surface area (Å²) in [6, 6.07) is 9.57. The zero-order chi connectivity index (χ0) is 16.5. The number of carbonyl (C=O) groups is 1. The van der Waals surface area contributed by atoms with E-state index in [1.165, 1.54) is 0 Å². The fourth-order valence-electron chi connectivity index (χ4n) is 2.86. The molecule has 2 N–H and O–H groups in total. The molecule has 0 bridgehead atoms. The van der Waals surface area contributed by atoms with Gasteiger partial charge >= 0.3 is 0 Å². The highest BCUT2D eigenvalue weighted by atomic mass is 16.5. The summed E-state index contributed by atoms with van der Waals surface area (Å²) in [4.78, 5) is 14.3. The van der Waals surface area contributed by atoms with Crippen LogP contribution < -0.4 is 5.73 Å². The van der Waals surface area contributed by atoms with Gasteiger partial charge in [-0.25, -0.2) is 0 Å². The van der Waals surface area contributed by atoms with Crippen molar-refractivity contribution in [3.8, 4) is 0 Å². The molecule has 1 atom stereocenters. The van der Waals surface area contributed by atoms with E-state index in [-0.39, 0.29) is 18.1 Å². The number of likely N-dealkylation sites (tertiary alicyclic amines) is 1. The number of hydrogen-bond acceptors (Lipinski definition) is 4. The molecule has 1 unspecified atom stereocenters. The number of ether oxygens (including phenoxy) is 2. The summed E-state index contributed by atoms with van der Waals surface area (Å²) in [7, 11) is 1.70. The number of methoxy groups -OCH3 is 1. The summed E-state index contributed by atoms with van der Waals surface area (Å²) in [5.41, 5.74) is 7.15. The van der Waals surface area contributed by atoms with Crippen LogP contribution in [-0.4, -0.2) is 50.3 Å². The van der Waals surface area contributed by atoms with Crippen molar-refractivity contribution in [3.05, 3.63) is 35.9 Å². The first-order valence-electron chi connectivity index (χ1n) is 8.39. The molecule has 1 saturated heterocycles. The van der Waals surface area contributed by atoms with Crippen molar-refractivity contribution in [2.24, 2.45) is 5.73 Å². The summed E-state index contributed by atoms with van der Waals surface area (Å²) in [6.45, 7) is 2.98. The lowest BCUT2D eigenvalue weighted by Gasteiger charge is -2.32. The molecule has 23 heavy (non-hydrogen) atoms. The van der Waals surface area contributed by atoms with Crippen molar-refractivity contribution >= 4 is 5.91 Å². The Bertz CT molecular complexity index is 459. The second-order valence-electron chi connectivity index (χ2n) is 6.02. The van der Waals surface area contributed by atoms with E-state index in [2.05, 4.69) is 0 Å². The highest BCUT2D eigenvalue weighted by Gasteiger charge is 2.24. The standard InChI is InChI=1S/C18H28N2O3/c1-22-12-5-13-23-16-8-10-20(11-9-16)18(21)14-17(19)15-6-3-2-4-7-15/h2-4,6-7,16-17H,5,8-14,19H2,1H3. The summed E-state index contributed by atoms with van der Waals surface area (Å²) < 4.78 is 10.8. The fraction of sp³-hybridized carbons (Fsp3) is 0.611. The van der Waals surface area contributed by atoms with Crippen LogP contribution in [0, 0.1) is 0 Å². The van der Waals surface area contributed by atoms with Crippen molar-refractivity contribution in [2.75, 3.05) is 33.4 Å². The van der Waals surface area contributed by atoms with Crippen LogP contribution in [-0.2, 0) is 14.3 Å². The van der Waals surface area contributed by atoms with E-state index in [9.17, 15) is 4.79 Å². The van der Waals surface area contributed by atoms with Crippen LogP contribution in [0.15, 0.2) is 30.3 Å². The van der Waals surface area contributed by atoms with E-state index in [1.54, 1.807) is 7.11 Å². The Kier molecular flexibility index (Phi) is 7.52. The van der Waals surface area contributed by atoms with Crippen molar-refractivity contribution < 1.29 is 14.3 Å². The summed E-state index contributed by atoms with van der Waals surface area (Å²) >= 11 is 0. The first-order chi connectivity index (χ1) is 11.2. The zero-order valence-electron chi connectivity index (χ0n) is 13.9. The van der Waals surface area contributed by atoms with Gasteiger partial charge in [-0.1, -0.05) is 30.3 Å². The highest BCUT2D eigenvalue weighted by Crippen LogP contribution is 2.19. The van der Waals surface area contributed by atoms with Gasteiger partial charge in [0.05, 0.1) is 6.10 Å². The minimum atomic E-state index is -0.230. The predicted octanol–water partition coefficient (Wildman–Crippen LogP) is 2.12. The Morgan fingerprint density at radius 3 is 2.61 bits per heavy atom. The number of nitrogens with zero attached hydrogens (tertiary/aromatic N) is 1. The first kappa shape index (κ1) is 17.9. The van der Waals surface area contributed by atoms with Crippen molar-refractivity contribution in [3.63, 3.8) is 0 Å². The molecule has 2 rings (SSSR count). The van der Waals surface area contributed by atoms with Gasteiger partial charge in [0, 0.05) is 45.9 Å². The number of piperidine rings is 1. The quantitative estimate of drug-likeness (QED) is 0.745. The maximum Gasteiger partial charge on any atom is 0.224 e. The maximum absolute atomic E-state index is 12.4. The van der Waals surface area contributed by atoms with Gasteiger partial charge in [0.2, 0.25) is 5.91 Å². The number of benzene rings is 1. The minimum absolute atomic E-state index is 0.138. The molecule has 5 nitrogen and oxygen atoms in total. The van der Waals surface area contributed by atoms with E-state index in [1.807, 2.05) is 35.2 Å². The lowest BCUT2D eigenvalue weighted by Crippen LogP contribution is -2.41. The molecule has 1 aliphatic heterocycles. The average molecular weight is 320 g/mol. The highest BCUT2D eigenvalue weighted by molar-refractivity contribution is 5.77. The van der Waals surface area contributed by atoms with Gasteiger partial charge in [0.25, 0.3) is 0 Å². The molecule has 0 aromatic heterocycles.